The van der Waals surface area contributed by atoms with Crippen LogP contribution in [0.1, 0.15) is 33.6 Å². The van der Waals surface area contributed by atoms with Crippen LogP contribution in [0.2, 0.25) is 0 Å². The highest BCUT2D eigenvalue weighted by Gasteiger charge is 2.12. The molecule has 0 bridgehead atoms. The summed E-state index contributed by atoms with van der Waals surface area (Å²) in [5.74, 6) is 0.472. The molecule has 0 aromatic heterocycles. The number of carbonyl (C=O) groups excluding carboxylic acids is 1. The lowest BCUT2D eigenvalue weighted by Gasteiger charge is -2.20. The maximum Gasteiger partial charge on any atom is 0.315 e. The van der Waals surface area contributed by atoms with E-state index in [4.69, 9.17) is 4.74 Å². The molecule has 0 aliphatic carbocycles. The summed E-state index contributed by atoms with van der Waals surface area (Å²) < 4.78 is 4.89. The molecule has 2 N–H and O–H groups in total. The van der Waals surface area contributed by atoms with Crippen LogP contribution in [0.15, 0.2) is 0 Å². The van der Waals surface area contributed by atoms with E-state index >= 15 is 0 Å². The highest BCUT2D eigenvalue weighted by atomic mass is 16.5. The van der Waals surface area contributed by atoms with Crippen LogP contribution in [0.5, 0.6) is 0 Å². The van der Waals surface area contributed by atoms with E-state index in [9.17, 15) is 4.79 Å². The third-order valence-corrected chi connectivity index (χ3v) is 2.37. The summed E-state index contributed by atoms with van der Waals surface area (Å²) in [7, 11) is 1.66. The molecule has 90 valence electrons. The molecule has 0 saturated carbocycles. The van der Waals surface area contributed by atoms with Crippen molar-refractivity contribution in [2.24, 2.45) is 5.92 Å². The quantitative estimate of drug-likeness (QED) is 0.637. The highest BCUT2D eigenvalue weighted by Crippen LogP contribution is 2.04. The Kier molecular flexibility index (Phi) is 8.09. The molecule has 4 heteroatoms. The SMILES string of the molecule is CC[C@H](NC(=O)NCCCOC)C(C)C. The lowest BCUT2D eigenvalue weighted by molar-refractivity contribution is 0.193. The Morgan fingerprint density at radius 3 is 2.53 bits per heavy atom. The molecule has 0 rings (SSSR count). The van der Waals surface area contributed by atoms with Crippen LogP contribution in [-0.2, 0) is 4.74 Å². The number of carbonyl (C=O) groups is 1. The number of rotatable bonds is 7. The van der Waals surface area contributed by atoms with Gasteiger partial charge in [-0.1, -0.05) is 20.8 Å². The van der Waals surface area contributed by atoms with Gasteiger partial charge >= 0.3 is 6.03 Å². The first-order valence-corrected chi connectivity index (χ1v) is 5.65. The van der Waals surface area contributed by atoms with Crippen molar-refractivity contribution in [1.82, 2.24) is 10.6 Å². The standard InChI is InChI=1S/C11H24N2O2/c1-5-10(9(2)3)13-11(14)12-7-6-8-15-4/h9-10H,5-8H2,1-4H3,(H2,12,13,14)/t10-/m0/s1. The number of ether oxygens (including phenoxy) is 1. The zero-order chi connectivity index (χ0) is 11.7. The van der Waals surface area contributed by atoms with Gasteiger partial charge in [-0.25, -0.2) is 4.79 Å². The Labute approximate surface area is 92.8 Å². The zero-order valence-corrected chi connectivity index (χ0v) is 10.3. The fraction of sp³-hybridized carbons (Fsp3) is 0.909. The maximum atomic E-state index is 11.4. The third kappa shape index (κ3) is 7.19. The second kappa shape index (κ2) is 8.53. The Bertz CT molecular complexity index is 172. The fourth-order valence-electron chi connectivity index (χ4n) is 1.38. The lowest BCUT2D eigenvalue weighted by Crippen LogP contribution is -2.44. The van der Waals surface area contributed by atoms with Gasteiger partial charge in [-0.15, -0.1) is 0 Å². The first kappa shape index (κ1) is 14.2. The number of amides is 2. The van der Waals surface area contributed by atoms with Crippen molar-refractivity contribution < 1.29 is 9.53 Å². The van der Waals surface area contributed by atoms with Crippen LogP contribution in [-0.4, -0.2) is 32.3 Å². The van der Waals surface area contributed by atoms with E-state index in [0.717, 1.165) is 12.8 Å². The molecule has 0 fully saturated rings. The van der Waals surface area contributed by atoms with E-state index in [1.165, 1.54) is 0 Å². The minimum atomic E-state index is -0.0772. The molecule has 0 unspecified atom stereocenters. The predicted molar refractivity (Wildman–Crippen MR) is 61.9 cm³/mol. The molecule has 1 atom stereocenters. The number of methoxy groups -OCH3 is 1. The van der Waals surface area contributed by atoms with Gasteiger partial charge < -0.3 is 15.4 Å². The third-order valence-electron chi connectivity index (χ3n) is 2.37. The van der Waals surface area contributed by atoms with Crippen molar-refractivity contribution in [3.63, 3.8) is 0 Å². The summed E-state index contributed by atoms with van der Waals surface area (Å²) >= 11 is 0. The molecule has 0 saturated heterocycles. The van der Waals surface area contributed by atoms with Gasteiger partial charge in [0.25, 0.3) is 0 Å². The van der Waals surface area contributed by atoms with Gasteiger partial charge in [-0.3, -0.25) is 0 Å². The summed E-state index contributed by atoms with van der Waals surface area (Å²) in [6, 6.07) is 0.180. The molecule has 0 aliphatic heterocycles. The number of nitrogens with one attached hydrogen (secondary N) is 2. The number of hydrogen-bond acceptors (Lipinski definition) is 2. The summed E-state index contributed by atoms with van der Waals surface area (Å²) in [5, 5.41) is 5.76. The van der Waals surface area contributed by atoms with E-state index in [-0.39, 0.29) is 12.1 Å². The fourth-order valence-corrected chi connectivity index (χ4v) is 1.38. The largest absolute Gasteiger partial charge is 0.385 e. The van der Waals surface area contributed by atoms with Gasteiger partial charge in [0, 0.05) is 26.3 Å². The molecule has 4 nitrogen and oxygen atoms in total. The van der Waals surface area contributed by atoms with E-state index in [0.29, 0.717) is 19.1 Å². The second-order valence-electron chi connectivity index (χ2n) is 4.01. The van der Waals surface area contributed by atoms with E-state index in [1.807, 2.05) is 0 Å². The molecule has 0 spiro atoms. The van der Waals surface area contributed by atoms with Gasteiger partial charge in [0.15, 0.2) is 0 Å². The van der Waals surface area contributed by atoms with Crippen molar-refractivity contribution >= 4 is 6.03 Å². The molecule has 2 amide bonds. The molecule has 0 radical (unpaired) electrons. The van der Waals surface area contributed by atoms with Crippen LogP contribution >= 0.6 is 0 Å². The Morgan fingerprint density at radius 1 is 1.40 bits per heavy atom. The van der Waals surface area contributed by atoms with Crippen molar-refractivity contribution in [2.75, 3.05) is 20.3 Å². The minimum Gasteiger partial charge on any atom is -0.385 e. The smallest absolute Gasteiger partial charge is 0.315 e. The predicted octanol–water partition coefficient (Wildman–Crippen LogP) is 1.76. The summed E-state index contributed by atoms with van der Waals surface area (Å²) in [6.07, 6.45) is 1.81. The minimum absolute atomic E-state index is 0.0772. The maximum absolute atomic E-state index is 11.4. The van der Waals surface area contributed by atoms with E-state index < -0.39 is 0 Å². The summed E-state index contributed by atoms with van der Waals surface area (Å²) in [6.45, 7) is 7.64. The van der Waals surface area contributed by atoms with Crippen LogP contribution in [0, 0.1) is 5.92 Å². The van der Waals surface area contributed by atoms with Crippen molar-refractivity contribution in [2.45, 2.75) is 39.7 Å². The molecule has 0 aliphatic rings. The molecule has 0 aromatic rings. The average molecular weight is 216 g/mol. The monoisotopic (exact) mass is 216 g/mol. The zero-order valence-electron chi connectivity index (χ0n) is 10.3. The average Bonchev–Trinajstić information content (AvgIpc) is 2.20. The molecule has 15 heavy (non-hydrogen) atoms. The van der Waals surface area contributed by atoms with Gasteiger partial charge in [0.1, 0.15) is 0 Å². The normalized spacial score (nSPS) is 12.6. The lowest BCUT2D eigenvalue weighted by atomic mass is 10.0. The Morgan fingerprint density at radius 2 is 2.07 bits per heavy atom. The first-order chi connectivity index (χ1) is 7.11. The summed E-state index contributed by atoms with van der Waals surface area (Å²) in [4.78, 5) is 11.4. The number of hydrogen-bond donors (Lipinski definition) is 2. The molecule has 0 aromatic carbocycles. The molecular formula is C11H24N2O2. The number of urea groups is 1. The van der Waals surface area contributed by atoms with Crippen LogP contribution in [0.25, 0.3) is 0 Å². The van der Waals surface area contributed by atoms with Gasteiger partial charge in [0.2, 0.25) is 0 Å². The van der Waals surface area contributed by atoms with E-state index in [1.54, 1.807) is 7.11 Å². The molecule has 0 heterocycles. The van der Waals surface area contributed by atoms with Gasteiger partial charge in [-0.05, 0) is 18.8 Å². The van der Waals surface area contributed by atoms with Crippen LogP contribution in [0.3, 0.4) is 0 Å². The van der Waals surface area contributed by atoms with Crippen molar-refractivity contribution in [3.05, 3.63) is 0 Å². The topological polar surface area (TPSA) is 50.4 Å². The van der Waals surface area contributed by atoms with Crippen LogP contribution in [0.4, 0.5) is 4.79 Å². The van der Waals surface area contributed by atoms with Crippen molar-refractivity contribution in [1.29, 1.82) is 0 Å². The van der Waals surface area contributed by atoms with Gasteiger partial charge in [0.05, 0.1) is 0 Å². The Hall–Kier alpha value is -0.770. The van der Waals surface area contributed by atoms with Crippen molar-refractivity contribution in [3.8, 4) is 0 Å². The second-order valence-corrected chi connectivity index (χ2v) is 4.01. The Balaban J connectivity index is 3.62. The van der Waals surface area contributed by atoms with Gasteiger partial charge in [-0.2, -0.15) is 0 Å². The highest BCUT2D eigenvalue weighted by molar-refractivity contribution is 5.74. The van der Waals surface area contributed by atoms with E-state index in [2.05, 4.69) is 31.4 Å². The molecular weight excluding hydrogens is 192 g/mol. The van der Waals surface area contributed by atoms with Crippen LogP contribution < -0.4 is 10.6 Å². The summed E-state index contributed by atoms with van der Waals surface area (Å²) in [5.41, 5.74) is 0. The first-order valence-electron chi connectivity index (χ1n) is 5.65.